The third-order valence-electron chi connectivity index (χ3n) is 6.01. The van der Waals surface area contributed by atoms with Crippen molar-refractivity contribution in [3.05, 3.63) is 88.2 Å². The molecule has 0 bridgehead atoms. The number of carbonyl (C=O) groups is 1. The molecule has 8 heteroatoms. The molecule has 190 valence electrons. The van der Waals surface area contributed by atoms with E-state index in [0.29, 0.717) is 34.7 Å². The van der Waals surface area contributed by atoms with E-state index in [1.807, 2.05) is 67.9 Å². The number of aryl methyl sites for hydroxylation is 1. The van der Waals surface area contributed by atoms with E-state index in [4.69, 9.17) is 21.3 Å². The normalized spacial score (nSPS) is 11.9. The molecule has 1 amide bonds. The fourth-order valence-corrected chi connectivity index (χ4v) is 4.53. The van der Waals surface area contributed by atoms with Crippen molar-refractivity contribution >= 4 is 23.2 Å². The number of carbonyl (C=O) groups excluding carboxylic acids is 1. The number of fused-ring (bicyclic) bond motifs is 1. The van der Waals surface area contributed by atoms with Gasteiger partial charge in [-0.1, -0.05) is 29.8 Å². The number of nitrogens with one attached hydrogen (secondary N) is 1. The Balaban J connectivity index is 1.50. The Kier molecular flexibility index (Phi) is 8.12. The summed E-state index contributed by atoms with van der Waals surface area (Å²) in [5.41, 5.74) is 5.13. The van der Waals surface area contributed by atoms with Gasteiger partial charge in [0, 0.05) is 36.2 Å². The van der Waals surface area contributed by atoms with Crippen LogP contribution in [0, 0.1) is 18.3 Å². The van der Waals surface area contributed by atoms with Gasteiger partial charge in [-0.15, -0.1) is 0 Å². The second-order valence-electron chi connectivity index (χ2n) is 9.24. The molecule has 0 spiro atoms. The van der Waals surface area contributed by atoms with Gasteiger partial charge in [0.25, 0.3) is 5.91 Å². The van der Waals surface area contributed by atoms with Gasteiger partial charge >= 0.3 is 0 Å². The highest BCUT2D eigenvalue weighted by atomic mass is 35.5. The highest BCUT2D eigenvalue weighted by Gasteiger charge is 2.18. The zero-order chi connectivity index (χ0) is 26.5. The molecule has 0 aliphatic carbocycles. The largest absolute Gasteiger partial charge is 0.490 e. The minimum atomic E-state index is -0.325. The molecule has 0 aliphatic heterocycles. The van der Waals surface area contributed by atoms with E-state index in [1.54, 1.807) is 12.1 Å². The number of hydrogen-bond donors (Lipinski definition) is 2. The average Bonchev–Trinajstić information content (AvgIpc) is 3.29. The van der Waals surface area contributed by atoms with Gasteiger partial charge in [-0.05, 0) is 75.1 Å². The standard InChI is InChI=1S/C29H29ClN4O3/c1-18(2)37-27-9-7-21(15-22(27)16-31)29(36)32-23(10-12-35)13-20-6-8-24(25(30)14-20)26-17-34-11-4-5-19(3)28(34)33-26/h4-9,11,14-15,17-18,23,35H,10,12-13H2,1-3H3,(H,32,36)/t23-/m1/s1. The second kappa shape index (κ2) is 11.5. The first-order valence-corrected chi connectivity index (χ1v) is 12.5. The molecule has 0 saturated carbocycles. The molecule has 0 aliphatic rings. The van der Waals surface area contributed by atoms with E-state index in [1.165, 1.54) is 6.07 Å². The van der Waals surface area contributed by atoms with E-state index in [0.717, 1.165) is 28.0 Å². The Bertz CT molecular complexity index is 1470. The van der Waals surface area contributed by atoms with Crippen molar-refractivity contribution in [3.8, 4) is 23.1 Å². The highest BCUT2D eigenvalue weighted by Crippen LogP contribution is 2.29. The van der Waals surface area contributed by atoms with Crippen LogP contribution in [0.3, 0.4) is 0 Å². The molecular weight excluding hydrogens is 488 g/mol. The number of aromatic nitrogens is 2. The van der Waals surface area contributed by atoms with Gasteiger partial charge in [-0.3, -0.25) is 4.79 Å². The maximum atomic E-state index is 13.0. The summed E-state index contributed by atoms with van der Waals surface area (Å²) in [6.45, 7) is 5.68. The van der Waals surface area contributed by atoms with E-state index >= 15 is 0 Å². The molecule has 2 aromatic heterocycles. The number of imidazole rings is 1. The van der Waals surface area contributed by atoms with Crippen LogP contribution in [-0.4, -0.2) is 39.2 Å². The van der Waals surface area contributed by atoms with Crippen molar-refractivity contribution in [2.24, 2.45) is 0 Å². The number of aliphatic hydroxyl groups is 1. The summed E-state index contributed by atoms with van der Waals surface area (Å²) in [6, 6.07) is 16.3. The number of benzene rings is 2. The van der Waals surface area contributed by atoms with Crippen LogP contribution in [0.5, 0.6) is 5.75 Å². The molecule has 2 heterocycles. The number of hydrogen-bond acceptors (Lipinski definition) is 5. The van der Waals surface area contributed by atoms with Crippen LogP contribution in [0.2, 0.25) is 5.02 Å². The number of ether oxygens (including phenoxy) is 1. The quantitative estimate of drug-likeness (QED) is 0.312. The van der Waals surface area contributed by atoms with Crippen molar-refractivity contribution in [1.29, 1.82) is 5.26 Å². The van der Waals surface area contributed by atoms with Gasteiger partial charge in [-0.25, -0.2) is 4.98 Å². The Morgan fingerprint density at radius 1 is 1.24 bits per heavy atom. The van der Waals surface area contributed by atoms with Crippen molar-refractivity contribution < 1.29 is 14.6 Å². The molecule has 2 N–H and O–H groups in total. The minimum absolute atomic E-state index is 0.0814. The number of nitrogens with zero attached hydrogens (tertiary/aromatic N) is 3. The van der Waals surface area contributed by atoms with Crippen LogP contribution >= 0.6 is 11.6 Å². The average molecular weight is 517 g/mol. The lowest BCUT2D eigenvalue weighted by Gasteiger charge is -2.19. The van der Waals surface area contributed by atoms with Crippen molar-refractivity contribution in [2.75, 3.05) is 6.61 Å². The van der Waals surface area contributed by atoms with Gasteiger partial charge in [0.05, 0.1) is 22.4 Å². The van der Waals surface area contributed by atoms with Crippen LogP contribution in [0.25, 0.3) is 16.9 Å². The van der Waals surface area contributed by atoms with Gasteiger partial charge < -0.3 is 19.6 Å². The van der Waals surface area contributed by atoms with Crippen molar-refractivity contribution in [1.82, 2.24) is 14.7 Å². The topological polar surface area (TPSA) is 99.6 Å². The van der Waals surface area contributed by atoms with Crippen LogP contribution in [-0.2, 0) is 6.42 Å². The van der Waals surface area contributed by atoms with Gasteiger partial charge in [-0.2, -0.15) is 5.26 Å². The number of halogens is 1. The summed E-state index contributed by atoms with van der Waals surface area (Å²) < 4.78 is 7.61. The monoisotopic (exact) mass is 516 g/mol. The predicted octanol–water partition coefficient (Wildman–Crippen LogP) is 5.35. The summed E-state index contributed by atoms with van der Waals surface area (Å²) in [7, 11) is 0. The van der Waals surface area contributed by atoms with E-state index < -0.39 is 0 Å². The van der Waals surface area contributed by atoms with Crippen molar-refractivity contribution in [2.45, 2.75) is 45.8 Å². The van der Waals surface area contributed by atoms with Gasteiger partial charge in [0.15, 0.2) is 0 Å². The molecule has 7 nitrogen and oxygen atoms in total. The van der Waals surface area contributed by atoms with E-state index in [9.17, 15) is 15.2 Å². The predicted molar refractivity (Wildman–Crippen MR) is 144 cm³/mol. The Labute approximate surface area is 221 Å². The molecule has 1 atom stereocenters. The molecule has 0 fully saturated rings. The lowest BCUT2D eigenvalue weighted by Crippen LogP contribution is -2.37. The first-order valence-electron chi connectivity index (χ1n) is 12.1. The summed E-state index contributed by atoms with van der Waals surface area (Å²) >= 11 is 6.65. The molecule has 0 unspecified atom stereocenters. The lowest BCUT2D eigenvalue weighted by atomic mass is 10.0. The maximum absolute atomic E-state index is 13.0. The van der Waals surface area contributed by atoms with Crippen LogP contribution in [0.4, 0.5) is 0 Å². The Morgan fingerprint density at radius 3 is 2.73 bits per heavy atom. The first kappa shape index (κ1) is 26.2. The molecule has 4 rings (SSSR count). The van der Waals surface area contributed by atoms with E-state index in [2.05, 4.69) is 11.4 Å². The third kappa shape index (κ3) is 6.11. The van der Waals surface area contributed by atoms with E-state index in [-0.39, 0.29) is 24.7 Å². The summed E-state index contributed by atoms with van der Waals surface area (Å²) in [6.07, 6.45) is 4.67. The smallest absolute Gasteiger partial charge is 0.251 e. The van der Waals surface area contributed by atoms with Crippen LogP contribution in [0.15, 0.2) is 60.9 Å². The fraction of sp³-hybridized carbons (Fsp3) is 0.276. The number of aliphatic hydroxyl groups excluding tert-OH is 1. The van der Waals surface area contributed by atoms with Crippen LogP contribution < -0.4 is 10.1 Å². The summed E-state index contributed by atoms with van der Waals surface area (Å²) in [4.78, 5) is 17.7. The van der Waals surface area contributed by atoms with Gasteiger partial charge in [0.1, 0.15) is 17.5 Å². The molecule has 0 radical (unpaired) electrons. The number of nitriles is 1. The molecule has 2 aromatic carbocycles. The Morgan fingerprint density at radius 2 is 2.05 bits per heavy atom. The fourth-order valence-electron chi connectivity index (χ4n) is 4.23. The van der Waals surface area contributed by atoms with Gasteiger partial charge in [0.2, 0.25) is 0 Å². The molecule has 37 heavy (non-hydrogen) atoms. The number of rotatable bonds is 9. The first-order chi connectivity index (χ1) is 17.8. The van der Waals surface area contributed by atoms with Crippen LogP contribution in [0.1, 0.15) is 47.3 Å². The lowest BCUT2D eigenvalue weighted by molar-refractivity contribution is 0.0930. The SMILES string of the molecule is Cc1cccn2cc(-c3ccc(C[C@@H](CCO)NC(=O)c4ccc(OC(C)C)c(C#N)c4)cc3Cl)nc12. The van der Waals surface area contributed by atoms with Crippen molar-refractivity contribution in [3.63, 3.8) is 0 Å². The molecular formula is C29H29ClN4O3. The third-order valence-corrected chi connectivity index (χ3v) is 6.32. The Hall–Kier alpha value is -3.86. The highest BCUT2D eigenvalue weighted by molar-refractivity contribution is 6.33. The number of pyridine rings is 1. The zero-order valence-electron chi connectivity index (χ0n) is 21.0. The summed E-state index contributed by atoms with van der Waals surface area (Å²) in [5, 5.41) is 22.6. The molecule has 4 aromatic rings. The minimum Gasteiger partial charge on any atom is -0.490 e. The second-order valence-corrected chi connectivity index (χ2v) is 9.65. The summed E-state index contributed by atoms with van der Waals surface area (Å²) in [5.74, 6) is 0.116. The zero-order valence-corrected chi connectivity index (χ0v) is 21.8. The molecule has 0 saturated heterocycles. The maximum Gasteiger partial charge on any atom is 0.251 e. The number of amides is 1.